The summed E-state index contributed by atoms with van der Waals surface area (Å²) in [6, 6.07) is 0. The van der Waals surface area contributed by atoms with Crippen molar-refractivity contribution in [3.05, 3.63) is 0 Å². The SMILES string of the molecule is CCOC(=O)C1(C2(O)CNC2)CCCCCC1. The Morgan fingerprint density at radius 1 is 1.24 bits per heavy atom. The molecule has 0 amide bonds. The molecule has 4 heteroatoms. The van der Waals surface area contributed by atoms with Crippen LogP contribution in [0.4, 0.5) is 0 Å². The minimum atomic E-state index is -0.885. The van der Waals surface area contributed by atoms with Crippen molar-refractivity contribution in [2.75, 3.05) is 19.7 Å². The molecule has 0 atom stereocenters. The Morgan fingerprint density at radius 3 is 2.24 bits per heavy atom. The first-order chi connectivity index (χ1) is 8.15. The van der Waals surface area contributed by atoms with Crippen molar-refractivity contribution in [2.24, 2.45) is 5.41 Å². The molecule has 0 radical (unpaired) electrons. The van der Waals surface area contributed by atoms with Crippen molar-refractivity contribution in [1.29, 1.82) is 0 Å². The smallest absolute Gasteiger partial charge is 0.315 e. The quantitative estimate of drug-likeness (QED) is 0.576. The summed E-state index contributed by atoms with van der Waals surface area (Å²) < 4.78 is 5.24. The number of aliphatic hydroxyl groups is 1. The predicted octanol–water partition coefficient (Wildman–Crippen LogP) is 1.22. The van der Waals surface area contributed by atoms with Gasteiger partial charge in [-0.25, -0.2) is 0 Å². The number of β-amino-alcohol motifs (C(OH)–C–C–N with tert-alkyl or cyclic N) is 1. The van der Waals surface area contributed by atoms with Crippen LogP contribution in [0.2, 0.25) is 0 Å². The first-order valence-electron chi connectivity index (χ1n) is 6.75. The molecule has 2 aliphatic rings. The minimum Gasteiger partial charge on any atom is -0.465 e. The van der Waals surface area contributed by atoms with Crippen molar-refractivity contribution in [2.45, 2.75) is 51.0 Å². The van der Waals surface area contributed by atoms with Crippen molar-refractivity contribution in [1.82, 2.24) is 5.32 Å². The second-order valence-electron chi connectivity index (χ2n) is 5.35. The lowest BCUT2D eigenvalue weighted by atomic mass is 9.64. The van der Waals surface area contributed by atoms with Gasteiger partial charge in [0, 0.05) is 13.1 Å². The third-order valence-electron chi connectivity index (χ3n) is 4.35. The first-order valence-corrected chi connectivity index (χ1v) is 6.75. The molecule has 0 aromatic rings. The van der Waals surface area contributed by atoms with Crippen LogP contribution in [-0.4, -0.2) is 36.4 Å². The van der Waals surface area contributed by atoms with Crippen molar-refractivity contribution in [3.8, 4) is 0 Å². The van der Waals surface area contributed by atoms with E-state index >= 15 is 0 Å². The highest BCUT2D eigenvalue weighted by atomic mass is 16.5. The fourth-order valence-electron chi connectivity index (χ4n) is 3.16. The van der Waals surface area contributed by atoms with Gasteiger partial charge >= 0.3 is 5.97 Å². The second-order valence-corrected chi connectivity index (χ2v) is 5.35. The molecule has 1 aliphatic heterocycles. The van der Waals surface area contributed by atoms with Crippen LogP contribution < -0.4 is 5.32 Å². The Bertz CT molecular complexity index is 278. The fourth-order valence-corrected chi connectivity index (χ4v) is 3.16. The number of rotatable bonds is 3. The van der Waals surface area contributed by atoms with Crippen LogP contribution >= 0.6 is 0 Å². The molecule has 1 aliphatic carbocycles. The first kappa shape index (κ1) is 12.8. The Balaban J connectivity index is 2.23. The Hall–Kier alpha value is -0.610. The minimum absolute atomic E-state index is 0.189. The molecule has 0 bridgehead atoms. The molecule has 1 saturated heterocycles. The summed E-state index contributed by atoms with van der Waals surface area (Å²) in [6.07, 6.45) is 5.88. The average molecular weight is 241 g/mol. The molecule has 1 saturated carbocycles. The van der Waals surface area contributed by atoms with E-state index in [2.05, 4.69) is 5.32 Å². The summed E-state index contributed by atoms with van der Waals surface area (Å²) in [5.74, 6) is -0.189. The normalized spacial score (nSPS) is 26.7. The molecule has 0 spiro atoms. The summed E-state index contributed by atoms with van der Waals surface area (Å²) in [4.78, 5) is 12.3. The third kappa shape index (κ3) is 2.08. The van der Waals surface area contributed by atoms with Gasteiger partial charge in [0.05, 0.1) is 12.0 Å². The second kappa shape index (κ2) is 4.94. The van der Waals surface area contributed by atoms with E-state index in [0.717, 1.165) is 38.5 Å². The molecule has 2 N–H and O–H groups in total. The van der Waals surface area contributed by atoms with Crippen LogP contribution in [0.3, 0.4) is 0 Å². The lowest BCUT2D eigenvalue weighted by Crippen LogP contribution is -2.70. The third-order valence-corrected chi connectivity index (χ3v) is 4.35. The van der Waals surface area contributed by atoms with E-state index in [-0.39, 0.29) is 5.97 Å². The van der Waals surface area contributed by atoms with Gasteiger partial charge < -0.3 is 15.2 Å². The van der Waals surface area contributed by atoms with Crippen molar-refractivity contribution < 1.29 is 14.6 Å². The van der Waals surface area contributed by atoms with Gasteiger partial charge in [-0.15, -0.1) is 0 Å². The average Bonchev–Trinajstić information content (AvgIpc) is 2.52. The van der Waals surface area contributed by atoms with Gasteiger partial charge in [0.2, 0.25) is 0 Å². The lowest BCUT2D eigenvalue weighted by Gasteiger charge is -2.50. The largest absolute Gasteiger partial charge is 0.465 e. The van der Waals surface area contributed by atoms with Crippen molar-refractivity contribution >= 4 is 5.97 Å². The molecule has 0 unspecified atom stereocenters. The summed E-state index contributed by atoms with van der Waals surface area (Å²) in [7, 11) is 0. The summed E-state index contributed by atoms with van der Waals surface area (Å²) in [5, 5.41) is 13.7. The van der Waals surface area contributed by atoms with Crippen LogP contribution in [0, 0.1) is 5.41 Å². The van der Waals surface area contributed by atoms with Crippen LogP contribution in [-0.2, 0) is 9.53 Å². The number of carbonyl (C=O) groups is 1. The van der Waals surface area contributed by atoms with E-state index in [1.54, 1.807) is 0 Å². The zero-order valence-electron chi connectivity index (χ0n) is 10.6. The molecule has 2 rings (SSSR count). The highest BCUT2D eigenvalue weighted by Crippen LogP contribution is 2.46. The van der Waals surface area contributed by atoms with Crippen LogP contribution in [0.25, 0.3) is 0 Å². The van der Waals surface area contributed by atoms with Crippen LogP contribution in [0.15, 0.2) is 0 Å². The summed E-state index contributed by atoms with van der Waals surface area (Å²) in [5.41, 5.74) is -1.55. The number of nitrogens with one attached hydrogen (secondary N) is 1. The maximum atomic E-state index is 12.3. The highest BCUT2D eigenvalue weighted by Gasteiger charge is 2.59. The Kier molecular flexibility index (Phi) is 3.73. The van der Waals surface area contributed by atoms with E-state index < -0.39 is 11.0 Å². The molecular weight excluding hydrogens is 218 g/mol. The number of esters is 1. The van der Waals surface area contributed by atoms with Crippen LogP contribution in [0.5, 0.6) is 0 Å². The molecule has 1 heterocycles. The zero-order chi connectivity index (χ0) is 12.4. The topological polar surface area (TPSA) is 58.6 Å². The van der Waals surface area contributed by atoms with Gasteiger partial charge in [0.25, 0.3) is 0 Å². The molecular formula is C13H23NO3. The van der Waals surface area contributed by atoms with Crippen molar-refractivity contribution in [3.63, 3.8) is 0 Å². The fraction of sp³-hybridized carbons (Fsp3) is 0.923. The van der Waals surface area contributed by atoms with Gasteiger partial charge in [0.1, 0.15) is 5.60 Å². The lowest BCUT2D eigenvalue weighted by molar-refractivity contribution is -0.186. The molecule has 0 aromatic carbocycles. The van der Waals surface area contributed by atoms with E-state index in [0.29, 0.717) is 19.7 Å². The van der Waals surface area contributed by atoms with Gasteiger partial charge in [-0.1, -0.05) is 25.7 Å². The Labute approximate surface area is 103 Å². The molecule has 0 aromatic heterocycles. The number of hydrogen-bond acceptors (Lipinski definition) is 4. The van der Waals surface area contributed by atoms with Gasteiger partial charge in [0.15, 0.2) is 0 Å². The summed E-state index contributed by atoms with van der Waals surface area (Å²) >= 11 is 0. The number of ether oxygens (including phenoxy) is 1. The van der Waals surface area contributed by atoms with Gasteiger partial charge in [-0.3, -0.25) is 4.79 Å². The maximum Gasteiger partial charge on any atom is 0.315 e. The molecule has 17 heavy (non-hydrogen) atoms. The molecule has 4 nitrogen and oxygen atoms in total. The number of hydrogen-bond donors (Lipinski definition) is 2. The summed E-state index contributed by atoms with van der Waals surface area (Å²) in [6.45, 7) is 3.26. The van der Waals surface area contributed by atoms with Gasteiger partial charge in [-0.2, -0.15) is 0 Å². The van der Waals surface area contributed by atoms with Crippen LogP contribution in [0.1, 0.15) is 45.4 Å². The number of carbonyl (C=O) groups excluding carboxylic acids is 1. The highest BCUT2D eigenvalue weighted by molar-refractivity contribution is 5.79. The zero-order valence-corrected chi connectivity index (χ0v) is 10.6. The van der Waals surface area contributed by atoms with Gasteiger partial charge in [-0.05, 0) is 19.8 Å². The van der Waals surface area contributed by atoms with E-state index in [9.17, 15) is 9.90 Å². The van der Waals surface area contributed by atoms with E-state index in [4.69, 9.17) is 4.74 Å². The molecule has 2 fully saturated rings. The predicted molar refractivity (Wildman–Crippen MR) is 64.6 cm³/mol. The standard InChI is InChI=1S/C13H23NO3/c1-2-17-11(15)12(13(16)9-14-10-13)7-5-3-4-6-8-12/h14,16H,2-10H2,1H3. The van der Waals surface area contributed by atoms with E-state index in [1.807, 2.05) is 6.92 Å². The van der Waals surface area contributed by atoms with E-state index in [1.165, 1.54) is 0 Å². The monoisotopic (exact) mass is 241 g/mol. The maximum absolute atomic E-state index is 12.3. The molecule has 98 valence electrons. The Morgan fingerprint density at radius 2 is 1.82 bits per heavy atom.